The van der Waals surface area contributed by atoms with Crippen molar-refractivity contribution in [2.75, 3.05) is 24.5 Å². The van der Waals surface area contributed by atoms with E-state index >= 15 is 0 Å². The second-order valence-corrected chi connectivity index (χ2v) is 5.93. The predicted molar refractivity (Wildman–Crippen MR) is 86.9 cm³/mol. The van der Waals surface area contributed by atoms with Crippen LogP contribution in [0.3, 0.4) is 0 Å². The van der Waals surface area contributed by atoms with Crippen LogP contribution in [0, 0.1) is 5.92 Å². The topological polar surface area (TPSA) is 77.5 Å². The van der Waals surface area contributed by atoms with E-state index in [1.165, 1.54) is 0 Å². The van der Waals surface area contributed by atoms with Crippen LogP contribution in [-0.2, 0) is 0 Å². The molecule has 0 radical (unpaired) electrons. The first-order valence-corrected chi connectivity index (χ1v) is 7.98. The van der Waals surface area contributed by atoms with Gasteiger partial charge in [0.2, 0.25) is 0 Å². The number of aliphatic hydroxyl groups excluding tert-OH is 1. The average molecular weight is 306 g/mol. The molecule has 1 saturated heterocycles. The molecule has 0 bridgehead atoms. The summed E-state index contributed by atoms with van der Waals surface area (Å²) >= 11 is 0. The van der Waals surface area contributed by atoms with Gasteiger partial charge in [-0.1, -0.05) is 26.3 Å². The second kappa shape index (κ2) is 7.98. The number of pyridine rings is 1. The molecule has 22 heavy (non-hydrogen) atoms. The number of anilines is 1. The third-order valence-corrected chi connectivity index (χ3v) is 4.27. The van der Waals surface area contributed by atoms with Crippen LogP contribution >= 0.6 is 0 Å². The van der Waals surface area contributed by atoms with Crippen LogP contribution in [0.1, 0.15) is 26.7 Å². The number of carbonyl (C=O) groups is 1. The third kappa shape index (κ3) is 4.59. The molecule has 3 unspecified atom stereocenters. The van der Waals surface area contributed by atoms with Gasteiger partial charge in [-0.25, -0.2) is 9.78 Å². The highest BCUT2D eigenvalue weighted by molar-refractivity contribution is 5.74. The van der Waals surface area contributed by atoms with E-state index in [2.05, 4.69) is 20.5 Å². The van der Waals surface area contributed by atoms with Gasteiger partial charge in [0, 0.05) is 31.9 Å². The summed E-state index contributed by atoms with van der Waals surface area (Å²) < 4.78 is 0. The molecule has 1 aliphatic heterocycles. The van der Waals surface area contributed by atoms with E-state index in [9.17, 15) is 9.90 Å². The Morgan fingerprint density at radius 3 is 3.05 bits per heavy atom. The summed E-state index contributed by atoms with van der Waals surface area (Å²) in [6.45, 7) is 5.94. The van der Waals surface area contributed by atoms with Crippen molar-refractivity contribution in [1.82, 2.24) is 15.6 Å². The van der Waals surface area contributed by atoms with Crippen LogP contribution in [0.15, 0.2) is 24.4 Å². The van der Waals surface area contributed by atoms with E-state index in [4.69, 9.17) is 0 Å². The van der Waals surface area contributed by atoms with Gasteiger partial charge in [-0.3, -0.25) is 0 Å². The molecule has 3 N–H and O–H groups in total. The predicted octanol–water partition coefficient (Wildman–Crippen LogP) is 1.37. The molecule has 6 nitrogen and oxygen atoms in total. The van der Waals surface area contributed by atoms with Crippen molar-refractivity contribution in [3.05, 3.63) is 24.4 Å². The first-order valence-electron chi connectivity index (χ1n) is 7.98. The molecule has 6 heteroatoms. The quantitative estimate of drug-likeness (QED) is 0.742. The van der Waals surface area contributed by atoms with Gasteiger partial charge < -0.3 is 20.6 Å². The summed E-state index contributed by atoms with van der Waals surface area (Å²) in [4.78, 5) is 18.4. The van der Waals surface area contributed by atoms with Crippen LogP contribution in [0.4, 0.5) is 10.6 Å². The van der Waals surface area contributed by atoms with Crippen molar-refractivity contribution in [1.29, 1.82) is 0 Å². The molecular weight excluding hydrogens is 280 g/mol. The lowest BCUT2D eigenvalue weighted by atomic mass is 10.0. The molecule has 1 aliphatic rings. The zero-order valence-corrected chi connectivity index (χ0v) is 13.3. The highest BCUT2D eigenvalue weighted by atomic mass is 16.3. The maximum Gasteiger partial charge on any atom is 0.315 e. The largest absolute Gasteiger partial charge is 0.391 e. The first kappa shape index (κ1) is 16.5. The lowest BCUT2D eigenvalue weighted by molar-refractivity contribution is 0.114. The van der Waals surface area contributed by atoms with Gasteiger partial charge in [0.1, 0.15) is 5.82 Å². The Morgan fingerprint density at radius 2 is 2.36 bits per heavy atom. The summed E-state index contributed by atoms with van der Waals surface area (Å²) in [5.74, 6) is 1.13. The van der Waals surface area contributed by atoms with Crippen molar-refractivity contribution in [3.8, 4) is 0 Å². The number of nitrogens with zero attached hydrogens (tertiary/aromatic N) is 2. The third-order valence-electron chi connectivity index (χ3n) is 4.27. The van der Waals surface area contributed by atoms with E-state index in [0.717, 1.165) is 31.7 Å². The Labute approximate surface area is 131 Å². The molecule has 0 saturated carbocycles. The van der Waals surface area contributed by atoms with Crippen molar-refractivity contribution >= 4 is 11.8 Å². The fraction of sp³-hybridized carbons (Fsp3) is 0.625. The minimum atomic E-state index is -0.496. The lowest BCUT2D eigenvalue weighted by Gasteiger charge is -2.20. The van der Waals surface area contributed by atoms with Gasteiger partial charge in [-0.05, 0) is 24.5 Å². The number of rotatable bonds is 6. The van der Waals surface area contributed by atoms with Gasteiger partial charge in [0.05, 0.1) is 6.10 Å². The number of hydrogen-bond acceptors (Lipinski definition) is 4. The monoisotopic (exact) mass is 306 g/mol. The molecule has 2 rings (SSSR count). The highest BCUT2D eigenvalue weighted by Crippen LogP contribution is 2.17. The Kier molecular flexibility index (Phi) is 6.00. The minimum absolute atomic E-state index is 0.114. The summed E-state index contributed by atoms with van der Waals surface area (Å²) in [6, 6.07) is 5.74. The average Bonchev–Trinajstić information content (AvgIpc) is 3.01. The fourth-order valence-corrected chi connectivity index (χ4v) is 2.53. The number of aliphatic hydroxyl groups is 1. The van der Waals surface area contributed by atoms with Crippen molar-refractivity contribution in [2.45, 2.75) is 38.8 Å². The number of carbonyl (C=O) groups excluding carboxylic acids is 1. The Balaban J connectivity index is 1.72. The summed E-state index contributed by atoms with van der Waals surface area (Å²) in [7, 11) is 0. The Morgan fingerprint density at radius 1 is 1.55 bits per heavy atom. The van der Waals surface area contributed by atoms with Crippen LogP contribution in [0.5, 0.6) is 0 Å². The van der Waals surface area contributed by atoms with Crippen LogP contribution < -0.4 is 15.5 Å². The van der Waals surface area contributed by atoms with Crippen LogP contribution in [0.2, 0.25) is 0 Å². The normalized spacial score (nSPS) is 20.5. The van der Waals surface area contributed by atoms with Gasteiger partial charge in [-0.2, -0.15) is 0 Å². The van der Waals surface area contributed by atoms with Crippen molar-refractivity contribution in [2.24, 2.45) is 5.92 Å². The molecule has 0 aromatic carbocycles. The highest BCUT2D eigenvalue weighted by Gasteiger charge is 2.24. The van der Waals surface area contributed by atoms with Crippen molar-refractivity contribution < 1.29 is 9.90 Å². The summed E-state index contributed by atoms with van der Waals surface area (Å²) in [5.41, 5.74) is 0. The van der Waals surface area contributed by atoms with Gasteiger partial charge in [0.25, 0.3) is 0 Å². The maximum atomic E-state index is 11.9. The zero-order valence-electron chi connectivity index (χ0n) is 13.3. The van der Waals surface area contributed by atoms with E-state index < -0.39 is 6.10 Å². The summed E-state index contributed by atoms with van der Waals surface area (Å²) in [6.07, 6.45) is 3.08. The number of urea groups is 1. The minimum Gasteiger partial charge on any atom is -0.391 e. The first-order chi connectivity index (χ1) is 10.6. The van der Waals surface area contributed by atoms with Crippen molar-refractivity contribution in [3.63, 3.8) is 0 Å². The van der Waals surface area contributed by atoms with E-state index in [0.29, 0.717) is 0 Å². The number of aromatic nitrogens is 1. The Hall–Kier alpha value is -1.82. The molecule has 1 aromatic heterocycles. The van der Waals surface area contributed by atoms with Crippen LogP contribution in [-0.4, -0.2) is 47.9 Å². The molecule has 0 spiro atoms. The molecule has 2 amide bonds. The summed E-state index contributed by atoms with van der Waals surface area (Å²) in [5, 5.41) is 15.6. The molecule has 1 fully saturated rings. The smallest absolute Gasteiger partial charge is 0.315 e. The van der Waals surface area contributed by atoms with Gasteiger partial charge in [0.15, 0.2) is 0 Å². The molecule has 3 atom stereocenters. The number of amides is 2. The SMILES string of the molecule is CCC(C)C(O)CNC(=O)NC1CCN(c2ccccn2)C1. The second-order valence-electron chi connectivity index (χ2n) is 5.93. The Bertz CT molecular complexity index is 468. The molecule has 122 valence electrons. The number of nitrogens with one attached hydrogen (secondary N) is 2. The van der Waals surface area contributed by atoms with E-state index in [1.54, 1.807) is 6.20 Å². The van der Waals surface area contributed by atoms with Gasteiger partial charge in [-0.15, -0.1) is 0 Å². The standard InChI is InChI=1S/C16H26N4O2/c1-3-12(2)14(21)10-18-16(22)19-13-7-9-20(11-13)15-6-4-5-8-17-15/h4-6,8,12-14,21H,3,7,9-11H2,1-2H3,(H2,18,19,22). The lowest BCUT2D eigenvalue weighted by Crippen LogP contribution is -2.46. The zero-order chi connectivity index (χ0) is 15.9. The molecule has 1 aromatic rings. The number of hydrogen-bond donors (Lipinski definition) is 3. The molecular formula is C16H26N4O2. The molecule has 2 heterocycles. The van der Waals surface area contributed by atoms with E-state index in [1.807, 2.05) is 32.0 Å². The van der Waals surface area contributed by atoms with Crippen LogP contribution in [0.25, 0.3) is 0 Å². The fourth-order valence-electron chi connectivity index (χ4n) is 2.53. The maximum absolute atomic E-state index is 11.9. The molecule has 0 aliphatic carbocycles. The van der Waals surface area contributed by atoms with Gasteiger partial charge >= 0.3 is 6.03 Å². The van der Waals surface area contributed by atoms with E-state index in [-0.39, 0.29) is 24.5 Å².